The van der Waals surface area contributed by atoms with Crippen molar-refractivity contribution in [2.75, 3.05) is 20.1 Å². The molecule has 0 unspecified atom stereocenters. The summed E-state index contributed by atoms with van der Waals surface area (Å²) in [5.41, 5.74) is 4.03. The van der Waals surface area contributed by atoms with Crippen molar-refractivity contribution in [3.8, 4) is 0 Å². The highest BCUT2D eigenvalue weighted by molar-refractivity contribution is 14.0. The molecule has 1 aromatic carbocycles. The number of hydrogen-bond acceptors (Lipinski definition) is 1. The van der Waals surface area contributed by atoms with Crippen molar-refractivity contribution < 1.29 is 0 Å². The Morgan fingerprint density at radius 2 is 1.91 bits per heavy atom. The quantitative estimate of drug-likeness (QED) is 0.272. The van der Waals surface area contributed by atoms with Gasteiger partial charge in [-0.15, -0.1) is 24.0 Å². The van der Waals surface area contributed by atoms with Gasteiger partial charge in [-0.3, -0.25) is 4.99 Å². The molecule has 1 heterocycles. The number of halogens is 1. The van der Waals surface area contributed by atoms with Crippen molar-refractivity contribution in [3.63, 3.8) is 0 Å². The molecule has 0 spiro atoms. The second kappa shape index (κ2) is 10.5. The van der Waals surface area contributed by atoms with E-state index in [4.69, 9.17) is 0 Å². The Bertz CT molecular complexity index is 619. The van der Waals surface area contributed by atoms with Crippen LogP contribution in [0.2, 0.25) is 0 Å². The third-order valence-corrected chi connectivity index (χ3v) is 4.00. The second-order valence-corrected chi connectivity index (χ2v) is 5.54. The Morgan fingerprint density at radius 1 is 1.13 bits per heavy atom. The smallest absolute Gasteiger partial charge is 0.190 e. The van der Waals surface area contributed by atoms with E-state index in [1.54, 1.807) is 0 Å². The normalized spacial score (nSPS) is 11.3. The first kappa shape index (κ1) is 19.8. The first-order valence-electron chi connectivity index (χ1n) is 8.32. The van der Waals surface area contributed by atoms with Crippen molar-refractivity contribution in [1.82, 2.24) is 15.6 Å². The van der Waals surface area contributed by atoms with Gasteiger partial charge >= 0.3 is 0 Å². The van der Waals surface area contributed by atoms with E-state index in [1.807, 2.05) is 7.05 Å². The van der Waals surface area contributed by atoms with Crippen LogP contribution in [0.1, 0.15) is 37.8 Å². The fourth-order valence-electron chi connectivity index (χ4n) is 2.70. The van der Waals surface area contributed by atoms with Crippen molar-refractivity contribution in [2.45, 2.75) is 39.5 Å². The van der Waals surface area contributed by atoms with Crippen molar-refractivity contribution in [1.29, 1.82) is 0 Å². The number of aliphatic imine (C=N–C) groups is 1. The van der Waals surface area contributed by atoms with Crippen molar-refractivity contribution in [2.24, 2.45) is 4.99 Å². The molecule has 3 N–H and O–H groups in total. The van der Waals surface area contributed by atoms with E-state index in [0.717, 1.165) is 31.9 Å². The van der Waals surface area contributed by atoms with Crippen LogP contribution in [0.5, 0.6) is 0 Å². The summed E-state index contributed by atoms with van der Waals surface area (Å²) >= 11 is 0. The van der Waals surface area contributed by atoms with E-state index in [0.29, 0.717) is 0 Å². The number of rotatable bonds is 7. The SMILES string of the molecule is CCCCNC(=NC)NCCc1c[nH]c2c(CC)cccc12.I. The van der Waals surface area contributed by atoms with E-state index < -0.39 is 0 Å². The molecule has 0 atom stereocenters. The molecule has 0 bridgehead atoms. The minimum atomic E-state index is 0. The molecule has 0 aliphatic rings. The van der Waals surface area contributed by atoms with Crippen LogP contribution in [0, 0.1) is 0 Å². The van der Waals surface area contributed by atoms with Gasteiger partial charge < -0.3 is 15.6 Å². The molecule has 128 valence electrons. The Kier molecular flexibility index (Phi) is 9.06. The van der Waals surface area contributed by atoms with Gasteiger partial charge in [-0.25, -0.2) is 0 Å². The fraction of sp³-hybridized carbons (Fsp3) is 0.500. The summed E-state index contributed by atoms with van der Waals surface area (Å²) in [6, 6.07) is 6.55. The van der Waals surface area contributed by atoms with Crippen LogP contribution < -0.4 is 10.6 Å². The maximum Gasteiger partial charge on any atom is 0.190 e. The molecule has 0 amide bonds. The van der Waals surface area contributed by atoms with Crippen molar-refractivity contribution in [3.05, 3.63) is 35.5 Å². The molecule has 2 rings (SSSR count). The van der Waals surface area contributed by atoms with Crippen LogP contribution in [-0.2, 0) is 12.8 Å². The maximum atomic E-state index is 4.26. The minimum absolute atomic E-state index is 0. The number of benzene rings is 1. The molecular formula is C18H29IN4. The Labute approximate surface area is 156 Å². The zero-order chi connectivity index (χ0) is 15.8. The lowest BCUT2D eigenvalue weighted by molar-refractivity contribution is 0.727. The summed E-state index contributed by atoms with van der Waals surface area (Å²) in [4.78, 5) is 7.68. The number of nitrogens with one attached hydrogen (secondary N) is 3. The second-order valence-electron chi connectivity index (χ2n) is 5.54. The highest BCUT2D eigenvalue weighted by Crippen LogP contribution is 2.22. The molecule has 2 aromatic rings. The number of aromatic nitrogens is 1. The standard InChI is InChI=1S/C18H28N4.HI/c1-4-6-11-20-18(19-3)21-12-10-15-13-22-17-14(5-2)8-7-9-16(15)17;/h7-9,13,22H,4-6,10-12H2,1-3H3,(H2,19,20,21);1H. The molecule has 0 radical (unpaired) electrons. The highest BCUT2D eigenvalue weighted by Gasteiger charge is 2.06. The molecule has 0 aliphatic carbocycles. The molecule has 0 saturated heterocycles. The number of aromatic amines is 1. The van der Waals surface area contributed by atoms with Gasteiger partial charge in [0.05, 0.1) is 0 Å². The van der Waals surface area contributed by atoms with Gasteiger partial charge in [-0.05, 0) is 30.4 Å². The highest BCUT2D eigenvalue weighted by atomic mass is 127. The first-order chi connectivity index (χ1) is 10.8. The van der Waals surface area contributed by atoms with E-state index in [1.165, 1.54) is 34.9 Å². The van der Waals surface area contributed by atoms with E-state index in [9.17, 15) is 0 Å². The number of H-pyrrole nitrogens is 1. The molecule has 0 saturated carbocycles. The topological polar surface area (TPSA) is 52.2 Å². The van der Waals surface area contributed by atoms with Gasteiger partial charge in [0.15, 0.2) is 5.96 Å². The maximum absolute atomic E-state index is 4.26. The summed E-state index contributed by atoms with van der Waals surface area (Å²) < 4.78 is 0. The fourth-order valence-corrected chi connectivity index (χ4v) is 2.70. The monoisotopic (exact) mass is 428 g/mol. The zero-order valence-corrected chi connectivity index (χ0v) is 16.7. The lowest BCUT2D eigenvalue weighted by Crippen LogP contribution is -2.38. The predicted octanol–water partition coefficient (Wildman–Crippen LogP) is 3.86. The number of hydrogen-bond donors (Lipinski definition) is 3. The van der Waals surface area contributed by atoms with Crippen LogP contribution in [0.3, 0.4) is 0 Å². The number of aryl methyl sites for hydroxylation is 1. The average molecular weight is 428 g/mol. The lowest BCUT2D eigenvalue weighted by Gasteiger charge is -2.11. The van der Waals surface area contributed by atoms with Crippen LogP contribution >= 0.6 is 24.0 Å². The predicted molar refractivity (Wildman–Crippen MR) is 111 cm³/mol. The molecule has 4 nitrogen and oxygen atoms in total. The van der Waals surface area contributed by atoms with E-state index in [2.05, 4.69) is 58.9 Å². The third kappa shape index (κ3) is 5.41. The lowest BCUT2D eigenvalue weighted by atomic mass is 10.1. The van der Waals surface area contributed by atoms with Gasteiger partial charge in [-0.2, -0.15) is 0 Å². The molecule has 5 heteroatoms. The van der Waals surface area contributed by atoms with Crippen LogP contribution in [-0.4, -0.2) is 31.1 Å². The molecule has 23 heavy (non-hydrogen) atoms. The largest absolute Gasteiger partial charge is 0.361 e. The van der Waals surface area contributed by atoms with E-state index >= 15 is 0 Å². The van der Waals surface area contributed by atoms with Gasteiger partial charge in [-0.1, -0.05) is 38.5 Å². The van der Waals surface area contributed by atoms with Gasteiger partial charge in [0.25, 0.3) is 0 Å². The average Bonchev–Trinajstić information content (AvgIpc) is 2.96. The summed E-state index contributed by atoms with van der Waals surface area (Å²) in [6.45, 7) is 6.25. The zero-order valence-electron chi connectivity index (χ0n) is 14.4. The summed E-state index contributed by atoms with van der Waals surface area (Å²) in [5.74, 6) is 0.891. The van der Waals surface area contributed by atoms with Crippen LogP contribution in [0.25, 0.3) is 10.9 Å². The summed E-state index contributed by atoms with van der Waals surface area (Å²) in [7, 11) is 1.82. The molecule has 0 aliphatic heterocycles. The van der Waals surface area contributed by atoms with Crippen molar-refractivity contribution >= 4 is 40.8 Å². The number of fused-ring (bicyclic) bond motifs is 1. The molecular weight excluding hydrogens is 399 g/mol. The summed E-state index contributed by atoms with van der Waals surface area (Å²) in [5, 5.41) is 8.06. The first-order valence-corrected chi connectivity index (χ1v) is 8.32. The number of guanidine groups is 1. The summed E-state index contributed by atoms with van der Waals surface area (Å²) in [6.07, 6.45) is 6.55. The van der Waals surface area contributed by atoms with Crippen LogP contribution in [0.15, 0.2) is 29.4 Å². The van der Waals surface area contributed by atoms with E-state index in [-0.39, 0.29) is 24.0 Å². The number of unbranched alkanes of at least 4 members (excludes halogenated alkanes) is 1. The number of para-hydroxylation sites is 1. The van der Waals surface area contributed by atoms with Gasteiger partial charge in [0, 0.05) is 37.2 Å². The Morgan fingerprint density at radius 3 is 2.61 bits per heavy atom. The molecule has 0 fully saturated rings. The number of nitrogens with zero attached hydrogens (tertiary/aromatic N) is 1. The Hall–Kier alpha value is -1.24. The van der Waals surface area contributed by atoms with Crippen LogP contribution in [0.4, 0.5) is 0 Å². The van der Waals surface area contributed by atoms with Gasteiger partial charge in [0.2, 0.25) is 0 Å². The Balaban J connectivity index is 0.00000264. The molecule has 1 aromatic heterocycles. The third-order valence-electron chi connectivity index (χ3n) is 4.00. The van der Waals surface area contributed by atoms with Gasteiger partial charge in [0.1, 0.15) is 0 Å². The minimum Gasteiger partial charge on any atom is -0.361 e.